The highest BCUT2D eigenvalue weighted by Crippen LogP contribution is 2.45. The lowest BCUT2D eigenvalue weighted by molar-refractivity contribution is -0.132. The first-order valence-electron chi connectivity index (χ1n) is 11.5. The van der Waals surface area contributed by atoms with E-state index in [4.69, 9.17) is 4.74 Å². The molecule has 1 aliphatic heterocycles. The van der Waals surface area contributed by atoms with Crippen molar-refractivity contribution in [1.82, 2.24) is 4.98 Å². The largest absolute Gasteiger partial charge is 0.508 e. The maximum Gasteiger partial charge on any atom is 0.301 e. The Morgan fingerprint density at radius 1 is 1.08 bits per heavy atom. The van der Waals surface area contributed by atoms with Crippen LogP contribution >= 0.6 is 11.3 Å². The van der Waals surface area contributed by atoms with E-state index in [1.54, 1.807) is 30.3 Å². The molecule has 182 valence electrons. The molecule has 8 heteroatoms. The molecule has 1 aromatic heterocycles. The third kappa shape index (κ3) is 3.99. The maximum atomic E-state index is 13.4. The lowest BCUT2D eigenvalue weighted by Gasteiger charge is -2.23. The smallest absolute Gasteiger partial charge is 0.301 e. The van der Waals surface area contributed by atoms with Crippen molar-refractivity contribution in [3.8, 4) is 11.5 Å². The molecule has 0 radical (unpaired) electrons. The molecule has 7 nitrogen and oxygen atoms in total. The van der Waals surface area contributed by atoms with Crippen molar-refractivity contribution >= 4 is 44.1 Å². The summed E-state index contributed by atoms with van der Waals surface area (Å²) in [4.78, 5) is 32.8. The summed E-state index contributed by atoms with van der Waals surface area (Å²) in [6.07, 6.45) is 0. The third-order valence-corrected chi connectivity index (χ3v) is 7.16. The number of benzene rings is 3. The minimum absolute atomic E-state index is 0.0181. The molecular weight excluding hydrogens is 476 g/mol. The number of fused-ring (bicyclic) bond motifs is 1. The molecule has 1 amide bonds. The first kappa shape index (κ1) is 23.6. The van der Waals surface area contributed by atoms with E-state index in [2.05, 4.69) is 4.98 Å². The first-order chi connectivity index (χ1) is 17.3. The molecule has 5 rings (SSSR count). The van der Waals surface area contributed by atoms with E-state index in [0.717, 1.165) is 15.8 Å². The molecule has 0 aliphatic carbocycles. The molecule has 2 N–H and O–H groups in total. The van der Waals surface area contributed by atoms with Gasteiger partial charge < -0.3 is 14.9 Å². The summed E-state index contributed by atoms with van der Waals surface area (Å²) in [6, 6.07) is 16.4. The van der Waals surface area contributed by atoms with Crippen LogP contribution in [0.3, 0.4) is 0 Å². The number of aliphatic hydroxyl groups is 1. The van der Waals surface area contributed by atoms with Crippen LogP contribution in [0.25, 0.3) is 16.0 Å². The summed E-state index contributed by atoms with van der Waals surface area (Å²) in [6.45, 7) is 6.13. The van der Waals surface area contributed by atoms with E-state index < -0.39 is 17.7 Å². The fraction of sp³-hybridized carbons (Fsp3) is 0.179. The number of aliphatic hydroxyl groups excluding tert-OH is 1. The highest BCUT2D eigenvalue weighted by molar-refractivity contribution is 7.22. The maximum absolute atomic E-state index is 13.4. The fourth-order valence-electron chi connectivity index (χ4n) is 4.43. The van der Waals surface area contributed by atoms with Gasteiger partial charge in [0.25, 0.3) is 5.78 Å². The molecule has 1 unspecified atom stereocenters. The van der Waals surface area contributed by atoms with Crippen molar-refractivity contribution in [2.75, 3.05) is 11.5 Å². The lowest BCUT2D eigenvalue weighted by Crippen LogP contribution is -2.29. The fourth-order valence-corrected chi connectivity index (χ4v) is 5.45. The van der Waals surface area contributed by atoms with E-state index in [1.165, 1.54) is 28.4 Å². The number of amides is 1. The van der Waals surface area contributed by atoms with Crippen molar-refractivity contribution < 1.29 is 24.5 Å². The number of aromatic nitrogens is 1. The monoisotopic (exact) mass is 500 g/mol. The van der Waals surface area contributed by atoms with Gasteiger partial charge in [0.05, 0.1) is 28.4 Å². The quantitative estimate of drug-likeness (QED) is 0.209. The number of phenolic OH excluding ortho intramolecular Hbond substituents is 1. The van der Waals surface area contributed by atoms with Gasteiger partial charge in [0, 0.05) is 5.56 Å². The molecule has 4 aromatic rings. The average molecular weight is 501 g/mol. The summed E-state index contributed by atoms with van der Waals surface area (Å²) >= 11 is 1.25. The number of nitrogens with zero attached hydrogens (tertiary/aromatic N) is 2. The molecule has 1 saturated heterocycles. The number of ketones is 1. The number of Topliss-reactive ketones (excluding diaryl/α,β-unsaturated/α-hetero) is 1. The summed E-state index contributed by atoms with van der Waals surface area (Å²) in [5.74, 6) is -1.20. The highest BCUT2D eigenvalue weighted by atomic mass is 32.1. The van der Waals surface area contributed by atoms with Gasteiger partial charge in [-0.15, -0.1) is 0 Å². The molecule has 1 atom stereocenters. The molecule has 36 heavy (non-hydrogen) atoms. The van der Waals surface area contributed by atoms with E-state index in [-0.39, 0.29) is 17.1 Å². The van der Waals surface area contributed by atoms with Crippen LogP contribution in [0.2, 0.25) is 0 Å². The van der Waals surface area contributed by atoms with Crippen molar-refractivity contribution in [1.29, 1.82) is 0 Å². The van der Waals surface area contributed by atoms with Crippen LogP contribution in [-0.2, 0) is 9.59 Å². The zero-order valence-electron chi connectivity index (χ0n) is 20.0. The molecule has 0 spiro atoms. The van der Waals surface area contributed by atoms with Crippen LogP contribution in [0.5, 0.6) is 11.5 Å². The second-order valence-corrected chi connectivity index (χ2v) is 9.65. The normalized spacial score (nSPS) is 17.2. The number of ether oxygens (including phenoxy) is 1. The van der Waals surface area contributed by atoms with Gasteiger partial charge in [-0.3, -0.25) is 14.5 Å². The number of hydrogen-bond acceptors (Lipinski definition) is 7. The Morgan fingerprint density at radius 3 is 2.64 bits per heavy atom. The number of aryl methyl sites for hydroxylation is 2. The van der Waals surface area contributed by atoms with Crippen molar-refractivity contribution in [3.05, 3.63) is 88.5 Å². The van der Waals surface area contributed by atoms with Gasteiger partial charge in [0.1, 0.15) is 17.3 Å². The summed E-state index contributed by atoms with van der Waals surface area (Å²) in [5.41, 5.74) is 3.24. The number of rotatable bonds is 5. The van der Waals surface area contributed by atoms with Crippen LogP contribution in [-0.4, -0.2) is 33.5 Å². The molecular formula is C28H24N2O5S. The van der Waals surface area contributed by atoms with Gasteiger partial charge >= 0.3 is 5.91 Å². The zero-order chi connectivity index (χ0) is 25.6. The Bertz CT molecular complexity index is 1550. The second-order valence-electron chi connectivity index (χ2n) is 8.64. The number of carbonyl (C=O) groups is 2. The molecule has 0 bridgehead atoms. The minimum Gasteiger partial charge on any atom is -0.508 e. The first-order valence-corrected chi connectivity index (χ1v) is 12.3. The van der Waals surface area contributed by atoms with Gasteiger partial charge in [-0.2, -0.15) is 0 Å². The minimum atomic E-state index is -0.969. The van der Waals surface area contributed by atoms with E-state index in [1.807, 2.05) is 39.0 Å². The van der Waals surface area contributed by atoms with Crippen molar-refractivity contribution in [3.63, 3.8) is 0 Å². The van der Waals surface area contributed by atoms with E-state index >= 15 is 0 Å². The molecule has 2 heterocycles. The van der Waals surface area contributed by atoms with Crippen LogP contribution in [0.1, 0.15) is 35.2 Å². The number of phenols is 1. The van der Waals surface area contributed by atoms with E-state index in [9.17, 15) is 19.8 Å². The Labute approximate surface area is 211 Å². The summed E-state index contributed by atoms with van der Waals surface area (Å²) in [5, 5.41) is 21.9. The van der Waals surface area contributed by atoms with Gasteiger partial charge in [-0.05, 0) is 68.3 Å². The number of hydrogen-bond donors (Lipinski definition) is 2. The summed E-state index contributed by atoms with van der Waals surface area (Å²) in [7, 11) is 0. The predicted octanol–water partition coefficient (Wildman–Crippen LogP) is 5.64. The molecule has 1 fully saturated rings. The predicted molar refractivity (Wildman–Crippen MR) is 140 cm³/mol. The van der Waals surface area contributed by atoms with Crippen LogP contribution in [0, 0.1) is 13.8 Å². The molecule has 0 saturated carbocycles. The third-order valence-electron chi connectivity index (χ3n) is 6.14. The van der Waals surface area contributed by atoms with Crippen LogP contribution in [0.4, 0.5) is 5.13 Å². The second kappa shape index (κ2) is 9.13. The van der Waals surface area contributed by atoms with Crippen LogP contribution < -0.4 is 9.64 Å². The Balaban J connectivity index is 1.73. The SMILES string of the molecule is CCOc1ccc2nc(N3C(=O)C(=O)C(=C(O)c4cc(C)ccc4C)C3c3cccc(O)c3)sc2c1. The standard InChI is InChI=1S/C28H24N2O5S/c1-4-35-19-10-11-21-22(14-19)36-28(29-21)30-24(17-6-5-7-18(31)13-17)23(26(33)27(30)34)25(32)20-12-15(2)8-9-16(20)3/h5-14,24,31-32H,4H2,1-3H3. The molecule has 3 aromatic carbocycles. The van der Waals surface area contributed by atoms with Gasteiger partial charge in [-0.25, -0.2) is 4.98 Å². The van der Waals surface area contributed by atoms with Crippen LogP contribution in [0.15, 0.2) is 66.2 Å². The molecule has 1 aliphatic rings. The van der Waals surface area contributed by atoms with E-state index in [0.29, 0.717) is 34.1 Å². The number of aromatic hydroxyl groups is 1. The summed E-state index contributed by atoms with van der Waals surface area (Å²) < 4.78 is 6.38. The van der Waals surface area contributed by atoms with Gasteiger partial charge in [0.2, 0.25) is 0 Å². The van der Waals surface area contributed by atoms with Gasteiger partial charge in [-0.1, -0.05) is 41.2 Å². The highest BCUT2D eigenvalue weighted by Gasteiger charge is 2.48. The number of thiazole rings is 1. The number of anilines is 1. The zero-order valence-corrected chi connectivity index (χ0v) is 20.8. The van der Waals surface area contributed by atoms with Gasteiger partial charge in [0.15, 0.2) is 5.13 Å². The Morgan fingerprint density at radius 2 is 1.89 bits per heavy atom. The van der Waals surface area contributed by atoms with Crippen molar-refractivity contribution in [2.45, 2.75) is 26.8 Å². The average Bonchev–Trinajstić information content (AvgIpc) is 3.38. The number of carbonyl (C=O) groups excluding carboxylic acids is 2. The topological polar surface area (TPSA) is 100.0 Å². The Hall–Kier alpha value is -4.17. The Kier molecular flexibility index (Phi) is 5.97. The van der Waals surface area contributed by atoms with Crippen molar-refractivity contribution in [2.24, 2.45) is 0 Å². The lowest BCUT2D eigenvalue weighted by atomic mass is 9.93.